The van der Waals surface area contributed by atoms with Crippen molar-refractivity contribution in [3.8, 4) is 0 Å². The molecule has 0 radical (unpaired) electrons. The summed E-state index contributed by atoms with van der Waals surface area (Å²) in [5.41, 5.74) is -1.22. The molecule has 2 saturated heterocycles. The molecular formula is C32H54N6O7S. The van der Waals surface area contributed by atoms with Crippen LogP contribution in [0.5, 0.6) is 0 Å². The zero-order valence-corrected chi connectivity index (χ0v) is 29.3. The lowest BCUT2D eigenvalue weighted by molar-refractivity contribution is -0.144. The van der Waals surface area contributed by atoms with Gasteiger partial charge in [0.15, 0.2) is 0 Å². The van der Waals surface area contributed by atoms with Crippen molar-refractivity contribution in [2.45, 2.75) is 105 Å². The Morgan fingerprint density at radius 1 is 1.00 bits per heavy atom. The fourth-order valence-corrected chi connectivity index (χ4v) is 7.69. The summed E-state index contributed by atoms with van der Waals surface area (Å²) in [5.74, 6) is -2.29. The molecule has 4 N–H and O–H groups in total. The molecule has 0 bridgehead atoms. The monoisotopic (exact) mass is 666 g/mol. The summed E-state index contributed by atoms with van der Waals surface area (Å²) in [4.78, 5) is 68.2. The second kappa shape index (κ2) is 14.8. The fourth-order valence-electron chi connectivity index (χ4n) is 6.15. The van der Waals surface area contributed by atoms with E-state index in [4.69, 9.17) is 0 Å². The first-order valence-corrected chi connectivity index (χ1v) is 18.0. The van der Waals surface area contributed by atoms with Crippen LogP contribution in [0.15, 0.2) is 12.7 Å². The highest BCUT2D eigenvalue weighted by molar-refractivity contribution is 7.89. The number of nitrogens with zero attached hydrogens (tertiary/aromatic N) is 2. The van der Waals surface area contributed by atoms with Crippen molar-refractivity contribution in [3.63, 3.8) is 0 Å². The summed E-state index contributed by atoms with van der Waals surface area (Å²) in [5, 5.41) is 11.0. The van der Waals surface area contributed by atoms with Gasteiger partial charge in [0.05, 0.1) is 11.8 Å². The summed E-state index contributed by atoms with van der Waals surface area (Å²) >= 11 is 0. The van der Waals surface area contributed by atoms with E-state index in [2.05, 4.69) is 27.8 Å². The maximum absolute atomic E-state index is 14.1. The summed E-state index contributed by atoms with van der Waals surface area (Å²) in [6.07, 6.45) is 4.44. The first-order valence-electron chi connectivity index (χ1n) is 16.4. The van der Waals surface area contributed by atoms with Crippen LogP contribution >= 0.6 is 0 Å². The zero-order valence-electron chi connectivity index (χ0n) is 28.5. The number of carbonyl (C=O) groups is 5. The number of amides is 5. The maximum atomic E-state index is 14.1. The molecular weight excluding hydrogens is 612 g/mol. The molecule has 14 heteroatoms. The van der Waals surface area contributed by atoms with E-state index in [0.717, 1.165) is 12.8 Å². The number of Topliss-reactive ketones (excluding diaryl/α,β-unsaturated/α-hetero) is 1. The number of unbranched alkanes of at least 4 members (excludes halogenated alkanes) is 1. The quantitative estimate of drug-likeness (QED) is 0.161. The Morgan fingerprint density at radius 2 is 1.67 bits per heavy atom. The van der Waals surface area contributed by atoms with Gasteiger partial charge < -0.3 is 26.2 Å². The molecule has 3 aliphatic rings. The Hall–Kier alpha value is -3.00. The lowest BCUT2D eigenvalue weighted by atomic mass is 9.85. The predicted molar refractivity (Wildman–Crippen MR) is 175 cm³/mol. The average Bonchev–Trinajstić information content (AvgIpc) is 3.48. The lowest BCUT2D eigenvalue weighted by Gasteiger charge is -2.38. The van der Waals surface area contributed by atoms with Crippen LogP contribution in [0.2, 0.25) is 0 Å². The van der Waals surface area contributed by atoms with Crippen LogP contribution < -0.4 is 21.3 Å². The van der Waals surface area contributed by atoms with Gasteiger partial charge in [-0.1, -0.05) is 67.4 Å². The number of rotatable bonds is 14. The van der Waals surface area contributed by atoms with Crippen molar-refractivity contribution in [1.82, 2.24) is 30.5 Å². The second-order valence-electron chi connectivity index (χ2n) is 15.0. The molecule has 0 spiro atoms. The number of hydrogen-bond acceptors (Lipinski definition) is 7. The average molecular weight is 667 g/mol. The van der Waals surface area contributed by atoms with Crippen LogP contribution in [0, 0.1) is 22.7 Å². The summed E-state index contributed by atoms with van der Waals surface area (Å²) in [7, 11) is -3.38. The van der Waals surface area contributed by atoms with Gasteiger partial charge in [0.25, 0.3) is 5.91 Å². The number of fused-ring (bicyclic) bond motifs is 1. The molecule has 0 aromatic carbocycles. The van der Waals surface area contributed by atoms with Gasteiger partial charge >= 0.3 is 6.03 Å². The molecule has 1 aliphatic carbocycles. The van der Waals surface area contributed by atoms with Crippen molar-refractivity contribution in [1.29, 1.82) is 0 Å². The van der Waals surface area contributed by atoms with Gasteiger partial charge in [0, 0.05) is 32.2 Å². The lowest BCUT2D eigenvalue weighted by Crippen LogP contribution is -2.62. The number of carbonyl (C=O) groups excluding carboxylic acids is 5. The van der Waals surface area contributed by atoms with Crippen LogP contribution in [-0.4, -0.2) is 103 Å². The van der Waals surface area contributed by atoms with E-state index >= 15 is 0 Å². The Balaban J connectivity index is 1.76. The third-order valence-corrected chi connectivity index (χ3v) is 11.1. The molecule has 0 aromatic rings. The Bertz CT molecular complexity index is 1290. The van der Waals surface area contributed by atoms with E-state index in [-0.39, 0.29) is 37.1 Å². The van der Waals surface area contributed by atoms with Crippen LogP contribution in [0.3, 0.4) is 0 Å². The van der Waals surface area contributed by atoms with Gasteiger partial charge in [-0.3, -0.25) is 19.2 Å². The van der Waals surface area contributed by atoms with Crippen LogP contribution in [0.25, 0.3) is 0 Å². The Morgan fingerprint density at radius 3 is 2.22 bits per heavy atom. The minimum absolute atomic E-state index is 0.0670. The van der Waals surface area contributed by atoms with Gasteiger partial charge in [0.1, 0.15) is 12.1 Å². The fraction of sp³-hybridized carbons (Fsp3) is 0.781. The number of likely N-dealkylation sites (tertiary alicyclic amines) is 1. The molecule has 2 aliphatic heterocycles. The summed E-state index contributed by atoms with van der Waals surface area (Å²) < 4.78 is 26.4. The van der Waals surface area contributed by atoms with E-state index in [1.165, 1.54) is 15.3 Å². The molecule has 1 saturated carbocycles. The summed E-state index contributed by atoms with van der Waals surface area (Å²) in [6.45, 7) is 17.7. The van der Waals surface area contributed by atoms with Gasteiger partial charge in [-0.25, -0.2) is 13.2 Å². The number of sulfonamides is 1. The van der Waals surface area contributed by atoms with Gasteiger partial charge in [0.2, 0.25) is 27.6 Å². The van der Waals surface area contributed by atoms with E-state index in [9.17, 15) is 32.4 Å². The minimum Gasteiger partial charge on any atom is -0.346 e. The maximum Gasteiger partial charge on any atom is 0.315 e. The molecule has 260 valence electrons. The van der Waals surface area contributed by atoms with E-state index in [1.807, 2.05) is 48.5 Å². The SMILES string of the molecule is C=CCNC(=O)C(=O)C(CCCC)NC(=O)[C@@H]1[C@H]2C[C@H]2CN1C(=O)[C@@H](NC(=O)N[C@H](CN1CCCS1(=O)=O)C(C)(C)C)C(C)(C)C. The highest BCUT2D eigenvalue weighted by atomic mass is 32.2. The molecule has 3 rings (SSSR count). The van der Waals surface area contributed by atoms with Crippen molar-refractivity contribution in [3.05, 3.63) is 12.7 Å². The molecule has 13 nitrogen and oxygen atoms in total. The molecule has 6 atom stereocenters. The van der Waals surface area contributed by atoms with Gasteiger partial charge in [-0.2, -0.15) is 4.31 Å². The first kappa shape index (κ1) is 37.5. The number of ketones is 1. The largest absolute Gasteiger partial charge is 0.346 e. The van der Waals surface area contributed by atoms with Crippen molar-refractivity contribution >= 4 is 39.6 Å². The standard InChI is InChI=1S/C32H54N6O7S/c1-9-11-13-22(25(39)28(41)33-14-10-2)34-27(40)24-21-17-20(21)18-38(24)29(42)26(32(6,7)8)36-30(43)35-23(31(3,4)5)19-37-15-12-16-46(37,44)45/h10,20-24,26H,2,9,11-19H2,1,3-8H3,(H,33,41)(H,34,40)(H2,35,36,43)/t20-,21-,22?,23+,24-,26+/m0/s1. The molecule has 3 fully saturated rings. The highest BCUT2D eigenvalue weighted by Gasteiger charge is 2.58. The van der Waals surface area contributed by atoms with Crippen molar-refractivity contribution in [2.75, 3.05) is 31.9 Å². The Kier molecular flexibility index (Phi) is 12.1. The van der Waals surface area contributed by atoms with E-state index < -0.39 is 74.6 Å². The first-order chi connectivity index (χ1) is 21.3. The molecule has 0 aromatic heterocycles. The number of nitrogens with one attached hydrogen (secondary N) is 4. The predicted octanol–water partition coefficient (Wildman–Crippen LogP) is 1.54. The third kappa shape index (κ3) is 9.30. The molecule has 46 heavy (non-hydrogen) atoms. The van der Waals surface area contributed by atoms with Crippen LogP contribution in [-0.2, 0) is 29.2 Å². The normalized spacial score (nSPS) is 24.2. The highest BCUT2D eigenvalue weighted by Crippen LogP contribution is 2.50. The smallest absolute Gasteiger partial charge is 0.315 e. The number of urea groups is 1. The second-order valence-corrected chi connectivity index (χ2v) is 17.1. The minimum atomic E-state index is -3.38. The number of hydrogen-bond donors (Lipinski definition) is 4. The van der Waals surface area contributed by atoms with Crippen molar-refractivity contribution in [2.24, 2.45) is 22.7 Å². The van der Waals surface area contributed by atoms with Crippen molar-refractivity contribution < 1.29 is 32.4 Å². The zero-order chi connectivity index (χ0) is 34.6. The van der Waals surface area contributed by atoms with Crippen LogP contribution in [0.4, 0.5) is 4.79 Å². The van der Waals surface area contributed by atoms with Crippen LogP contribution in [0.1, 0.15) is 80.6 Å². The summed E-state index contributed by atoms with van der Waals surface area (Å²) in [6, 6.07) is -3.99. The van der Waals surface area contributed by atoms with Gasteiger partial charge in [-0.05, 0) is 41.9 Å². The van der Waals surface area contributed by atoms with Gasteiger partial charge in [-0.15, -0.1) is 6.58 Å². The third-order valence-electron chi connectivity index (χ3n) is 9.14. The number of piperidine rings is 1. The Labute approximate surface area is 274 Å². The molecule has 2 heterocycles. The van der Waals surface area contributed by atoms with E-state index in [1.54, 1.807) is 0 Å². The topological polar surface area (TPSA) is 174 Å². The van der Waals surface area contributed by atoms with E-state index in [0.29, 0.717) is 25.9 Å². The molecule has 1 unspecified atom stereocenters. The molecule has 5 amide bonds.